The normalized spacial score (nSPS) is 13.7. The van der Waals surface area contributed by atoms with Crippen molar-refractivity contribution in [3.8, 4) is 0 Å². The Hall–Kier alpha value is -3.50. The van der Waals surface area contributed by atoms with E-state index in [0.717, 1.165) is 11.1 Å². The summed E-state index contributed by atoms with van der Waals surface area (Å²) in [7, 11) is 0. The van der Waals surface area contributed by atoms with Crippen LogP contribution < -0.4 is 15.8 Å². The van der Waals surface area contributed by atoms with Gasteiger partial charge in [-0.15, -0.1) is 0 Å². The number of nitrogens with zero attached hydrogens (tertiary/aromatic N) is 4. The molecule has 0 spiro atoms. The number of carbonyl (C=O) groups is 1. The molecule has 0 unspecified atom stereocenters. The molecule has 11 heteroatoms. The quantitative estimate of drug-likeness (QED) is 0.331. The van der Waals surface area contributed by atoms with E-state index in [4.69, 9.17) is 16.6 Å². The highest BCUT2D eigenvalue weighted by atomic mass is 79.9. The number of pyridine rings is 2. The molecule has 1 atom stereocenters. The number of benzene rings is 1. The smallest absolute Gasteiger partial charge is 0.356 e. The van der Waals surface area contributed by atoms with Gasteiger partial charge in [-0.25, -0.2) is 19.2 Å². The van der Waals surface area contributed by atoms with Crippen LogP contribution in [0.25, 0.3) is 5.65 Å². The molecule has 0 saturated carbocycles. The highest BCUT2D eigenvalue weighted by Crippen LogP contribution is 2.30. The van der Waals surface area contributed by atoms with Crippen molar-refractivity contribution in [3.05, 3.63) is 96.8 Å². The third-order valence-corrected chi connectivity index (χ3v) is 6.50. The molecule has 178 valence electrons. The predicted octanol–water partition coefficient (Wildman–Crippen LogP) is 5.04. The van der Waals surface area contributed by atoms with Gasteiger partial charge < -0.3 is 15.3 Å². The van der Waals surface area contributed by atoms with E-state index < -0.39 is 12.0 Å². The van der Waals surface area contributed by atoms with Crippen molar-refractivity contribution < 1.29 is 14.3 Å². The SMILES string of the molecule is C[C@@H](Nc1ccc(Cl)nc1C(=O)O)c1cc(Br)cn2c(=O)cc(N3Cc4ccc(F)cc4C3)nc12. The second kappa shape index (κ2) is 8.94. The van der Waals surface area contributed by atoms with Crippen LogP contribution >= 0.6 is 27.5 Å². The average molecular weight is 559 g/mol. The molecule has 0 saturated heterocycles. The number of aromatic nitrogens is 3. The van der Waals surface area contributed by atoms with Crippen LogP contribution in [-0.2, 0) is 13.1 Å². The summed E-state index contributed by atoms with van der Waals surface area (Å²) in [5.74, 6) is -1.05. The van der Waals surface area contributed by atoms with E-state index >= 15 is 0 Å². The number of hydrogen-bond acceptors (Lipinski definition) is 6. The summed E-state index contributed by atoms with van der Waals surface area (Å²) in [4.78, 5) is 35.3. The number of fused-ring (bicyclic) bond motifs is 2. The Labute approximate surface area is 212 Å². The van der Waals surface area contributed by atoms with Gasteiger partial charge in [0.15, 0.2) is 5.69 Å². The van der Waals surface area contributed by atoms with Crippen LogP contribution in [0.15, 0.2) is 57.9 Å². The third-order valence-electron chi connectivity index (χ3n) is 5.86. The lowest BCUT2D eigenvalue weighted by Gasteiger charge is -2.21. The van der Waals surface area contributed by atoms with Crippen LogP contribution in [0.2, 0.25) is 5.15 Å². The Morgan fingerprint density at radius 3 is 2.71 bits per heavy atom. The first-order valence-electron chi connectivity index (χ1n) is 10.6. The van der Waals surface area contributed by atoms with Crippen LogP contribution in [0, 0.1) is 5.82 Å². The molecule has 5 rings (SSSR count). The van der Waals surface area contributed by atoms with Crippen LogP contribution in [0.1, 0.15) is 40.1 Å². The molecule has 35 heavy (non-hydrogen) atoms. The van der Waals surface area contributed by atoms with Crippen molar-refractivity contribution in [1.82, 2.24) is 14.4 Å². The highest BCUT2D eigenvalue weighted by molar-refractivity contribution is 9.10. The fourth-order valence-electron chi connectivity index (χ4n) is 4.21. The number of carboxylic acids is 1. The third kappa shape index (κ3) is 4.46. The Morgan fingerprint density at radius 1 is 1.17 bits per heavy atom. The van der Waals surface area contributed by atoms with E-state index in [1.807, 2.05) is 17.9 Å². The number of carboxylic acid groups (broad SMARTS) is 1. The molecule has 0 bridgehead atoms. The van der Waals surface area contributed by atoms with Crippen molar-refractivity contribution in [2.24, 2.45) is 0 Å². The summed E-state index contributed by atoms with van der Waals surface area (Å²) in [5.41, 5.74) is 2.70. The molecule has 0 aliphatic carbocycles. The molecule has 3 aromatic heterocycles. The van der Waals surface area contributed by atoms with E-state index in [2.05, 4.69) is 26.2 Å². The first kappa shape index (κ1) is 23.3. The average Bonchev–Trinajstić information content (AvgIpc) is 3.23. The molecule has 0 amide bonds. The maximum Gasteiger partial charge on any atom is 0.356 e. The van der Waals surface area contributed by atoms with E-state index in [0.29, 0.717) is 34.6 Å². The van der Waals surface area contributed by atoms with Crippen molar-refractivity contribution in [2.75, 3.05) is 10.2 Å². The van der Waals surface area contributed by atoms with Crippen molar-refractivity contribution in [1.29, 1.82) is 0 Å². The van der Waals surface area contributed by atoms with Gasteiger partial charge in [-0.2, -0.15) is 0 Å². The molecule has 0 radical (unpaired) electrons. The van der Waals surface area contributed by atoms with Gasteiger partial charge in [0, 0.05) is 35.4 Å². The molecular weight excluding hydrogens is 541 g/mol. The molecule has 0 fully saturated rings. The van der Waals surface area contributed by atoms with Crippen LogP contribution in [-0.4, -0.2) is 25.4 Å². The van der Waals surface area contributed by atoms with Gasteiger partial charge in [-0.1, -0.05) is 17.7 Å². The Kier molecular flexibility index (Phi) is 5.94. The first-order valence-corrected chi connectivity index (χ1v) is 11.8. The first-order chi connectivity index (χ1) is 16.7. The van der Waals surface area contributed by atoms with Gasteiger partial charge in [0.25, 0.3) is 5.56 Å². The predicted molar refractivity (Wildman–Crippen MR) is 134 cm³/mol. The monoisotopic (exact) mass is 557 g/mol. The molecule has 1 aliphatic heterocycles. The summed E-state index contributed by atoms with van der Waals surface area (Å²) < 4.78 is 15.8. The summed E-state index contributed by atoms with van der Waals surface area (Å²) in [6.45, 7) is 2.78. The Balaban J connectivity index is 1.56. The number of halogens is 3. The zero-order valence-electron chi connectivity index (χ0n) is 18.3. The molecule has 4 heterocycles. The van der Waals surface area contributed by atoms with Crippen molar-refractivity contribution >= 4 is 50.7 Å². The fourth-order valence-corrected chi connectivity index (χ4v) is 4.81. The maximum absolute atomic E-state index is 13.7. The Bertz CT molecular complexity index is 1560. The zero-order valence-corrected chi connectivity index (χ0v) is 20.6. The van der Waals surface area contributed by atoms with Crippen molar-refractivity contribution in [2.45, 2.75) is 26.1 Å². The lowest BCUT2D eigenvalue weighted by Crippen LogP contribution is -2.23. The molecule has 8 nitrogen and oxygen atoms in total. The summed E-state index contributed by atoms with van der Waals surface area (Å²) >= 11 is 9.31. The second-order valence-corrected chi connectivity index (χ2v) is 9.53. The van der Waals surface area contributed by atoms with Crippen molar-refractivity contribution in [3.63, 3.8) is 0 Å². The minimum atomic E-state index is -1.22. The maximum atomic E-state index is 13.7. The van der Waals surface area contributed by atoms with Gasteiger partial charge in [0.1, 0.15) is 22.4 Å². The zero-order chi connectivity index (χ0) is 24.9. The largest absolute Gasteiger partial charge is 0.476 e. The van der Waals surface area contributed by atoms with E-state index in [1.54, 1.807) is 18.3 Å². The number of rotatable bonds is 5. The van der Waals surface area contributed by atoms with E-state index in [-0.39, 0.29) is 27.9 Å². The highest BCUT2D eigenvalue weighted by Gasteiger charge is 2.23. The molecule has 4 aromatic rings. The van der Waals surface area contributed by atoms with Crippen LogP contribution in [0.5, 0.6) is 0 Å². The lowest BCUT2D eigenvalue weighted by molar-refractivity contribution is 0.0691. The summed E-state index contributed by atoms with van der Waals surface area (Å²) in [6.07, 6.45) is 1.63. The molecule has 1 aromatic carbocycles. The second-order valence-electron chi connectivity index (χ2n) is 8.23. The number of nitrogens with one attached hydrogen (secondary N) is 1. The van der Waals surface area contributed by atoms with Gasteiger partial charge in [0.2, 0.25) is 0 Å². The minimum Gasteiger partial charge on any atom is -0.476 e. The van der Waals surface area contributed by atoms with E-state index in [1.165, 1.54) is 28.7 Å². The van der Waals surface area contributed by atoms with Gasteiger partial charge in [0.05, 0.1) is 11.7 Å². The summed E-state index contributed by atoms with van der Waals surface area (Å²) in [5, 5.41) is 12.7. The molecular formula is C24H18BrClFN5O3. The van der Waals surface area contributed by atoms with E-state index in [9.17, 15) is 19.1 Å². The topological polar surface area (TPSA) is 99.8 Å². The van der Waals surface area contributed by atoms with Gasteiger partial charge in [-0.05, 0) is 64.3 Å². The summed E-state index contributed by atoms with van der Waals surface area (Å²) in [6, 6.07) is 10.5. The van der Waals surface area contributed by atoms with Crippen LogP contribution in [0.4, 0.5) is 15.9 Å². The fraction of sp³-hybridized carbons (Fsp3) is 0.167. The van der Waals surface area contributed by atoms with Crippen LogP contribution in [0.3, 0.4) is 0 Å². The lowest BCUT2D eigenvalue weighted by atomic mass is 10.1. The number of anilines is 2. The van der Waals surface area contributed by atoms with Gasteiger partial charge in [-0.3, -0.25) is 9.20 Å². The minimum absolute atomic E-state index is 0.0675. The number of aromatic carboxylic acids is 1. The molecule has 1 aliphatic rings. The standard InChI is InChI=1S/C24H18BrClFN5O3/c1-12(28-18-4-5-19(26)29-22(18)24(34)35)17-7-15(25)11-32-21(33)8-20(30-23(17)32)31-9-13-2-3-16(27)6-14(13)10-31/h2-8,11-12,28H,9-10H2,1H3,(H,34,35)/t12-/m1/s1. The number of hydrogen-bond donors (Lipinski definition) is 2. The van der Waals surface area contributed by atoms with Gasteiger partial charge >= 0.3 is 5.97 Å². The molecule has 2 N–H and O–H groups in total. The Morgan fingerprint density at radius 2 is 1.94 bits per heavy atom.